The van der Waals surface area contributed by atoms with E-state index in [2.05, 4.69) is 15.5 Å². The van der Waals surface area contributed by atoms with Crippen LogP contribution in [0.3, 0.4) is 0 Å². The van der Waals surface area contributed by atoms with Crippen molar-refractivity contribution in [2.24, 2.45) is 7.05 Å². The number of hydrogen-bond donors (Lipinski definition) is 1. The van der Waals surface area contributed by atoms with Crippen LogP contribution in [0.5, 0.6) is 0 Å². The van der Waals surface area contributed by atoms with Gasteiger partial charge in [-0.05, 0) is 17.7 Å². The van der Waals surface area contributed by atoms with Crippen LogP contribution in [0, 0.1) is 5.82 Å². The van der Waals surface area contributed by atoms with Crippen LogP contribution in [0.1, 0.15) is 11.4 Å². The molecule has 17 heavy (non-hydrogen) atoms. The molecule has 0 atom stereocenters. The minimum atomic E-state index is -0.327. The van der Waals surface area contributed by atoms with Crippen molar-refractivity contribution in [2.75, 3.05) is 0 Å². The molecule has 1 aromatic heterocycles. The van der Waals surface area contributed by atoms with Crippen LogP contribution in [0.4, 0.5) is 4.39 Å². The second-order valence-electron chi connectivity index (χ2n) is 3.70. The van der Waals surface area contributed by atoms with Crippen LogP contribution in [0.2, 0.25) is 5.02 Å². The molecule has 2 rings (SSSR count). The Hall–Kier alpha value is -1.46. The number of halogens is 2. The highest BCUT2D eigenvalue weighted by Crippen LogP contribution is 2.16. The predicted octanol–water partition coefficient (Wildman–Crippen LogP) is 1.90. The number of rotatable bonds is 4. The molecule has 0 amide bonds. The van der Waals surface area contributed by atoms with Crippen molar-refractivity contribution in [1.82, 2.24) is 20.1 Å². The van der Waals surface area contributed by atoms with Gasteiger partial charge in [0.15, 0.2) is 0 Å². The lowest BCUT2D eigenvalue weighted by atomic mass is 10.2. The highest BCUT2D eigenvalue weighted by atomic mass is 35.5. The first kappa shape index (κ1) is 12.0. The Morgan fingerprint density at radius 1 is 1.41 bits per heavy atom. The van der Waals surface area contributed by atoms with Crippen molar-refractivity contribution in [3.05, 3.63) is 46.8 Å². The average molecular weight is 255 g/mol. The van der Waals surface area contributed by atoms with Gasteiger partial charge in [0, 0.05) is 18.6 Å². The first-order valence-electron chi connectivity index (χ1n) is 5.14. The molecule has 1 N–H and O–H groups in total. The molecule has 0 bridgehead atoms. The lowest BCUT2D eigenvalue weighted by Gasteiger charge is -2.06. The van der Waals surface area contributed by atoms with E-state index in [1.165, 1.54) is 12.1 Å². The Morgan fingerprint density at radius 2 is 2.24 bits per heavy atom. The number of benzene rings is 1. The number of nitrogens with zero attached hydrogens (tertiary/aromatic N) is 3. The van der Waals surface area contributed by atoms with Crippen LogP contribution in [-0.2, 0) is 20.1 Å². The topological polar surface area (TPSA) is 42.7 Å². The summed E-state index contributed by atoms with van der Waals surface area (Å²) < 4.78 is 14.7. The summed E-state index contributed by atoms with van der Waals surface area (Å²) in [5.41, 5.74) is 0.857. The molecule has 90 valence electrons. The quantitative estimate of drug-likeness (QED) is 0.906. The molecular weight excluding hydrogens is 243 g/mol. The van der Waals surface area contributed by atoms with E-state index in [4.69, 9.17) is 11.6 Å². The van der Waals surface area contributed by atoms with E-state index < -0.39 is 0 Å². The molecule has 1 aromatic carbocycles. The van der Waals surface area contributed by atoms with Crippen LogP contribution in [0.15, 0.2) is 24.5 Å². The van der Waals surface area contributed by atoms with E-state index in [1.807, 2.05) is 11.6 Å². The smallest absolute Gasteiger partial charge is 0.146 e. The molecule has 0 fully saturated rings. The van der Waals surface area contributed by atoms with Gasteiger partial charge in [-0.2, -0.15) is 0 Å². The molecule has 0 aliphatic carbocycles. The van der Waals surface area contributed by atoms with Crippen LogP contribution >= 0.6 is 11.6 Å². The Labute approximate surface area is 103 Å². The van der Waals surface area contributed by atoms with E-state index in [0.29, 0.717) is 18.1 Å². The van der Waals surface area contributed by atoms with E-state index in [1.54, 1.807) is 12.4 Å². The van der Waals surface area contributed by atoms with Gasteiger partial charge in [-0.15, -0.1) is 10.2 Å². The normalized spacial score (nSPS) is 10.8. The van der Waals surface area contributed by atoms with E-state index in [-0.39, 0.29) is 5.82 Å². The third-order valence-electron chi connectivity index (χ3n) is 2.42. The number of nitrogens with one attached hydrogen (secondary N) is 1. The van der Waals surface area contributed by atoms with Gasteiger partial charge in [0.1, 0.15) is 18.0 Å². The number of aromatic nitrogens is 3. The molecule has 6 heteroatoms. The predicted molar refractivity (Wildman–Crippen MR) is 63.0 cm³/mol. The van der Waals surface area contributed by atoms with Crippen LogP contribution in [0.25, 0.3) is 0 Å². The summed E-state index contributed by atoms with van der Waals surface area (Å²) in [5.74, 6) is 0.510. The fourth-order valence-electron chi connectivity index (χ4n) is 1.44. The van der Waals surface area contributed by atoms with E-state index >= 15 is 0 Å². The van der Waals surface area contributed by atoms with Crippen molar-refractivity contribution in [1.29, 1.82) is 0 Å². The minimum Gasteiger partial charge on any atom is -0.320 e. The molecule has 0 saturated carbocycles. The zero-order valence-electron chi connectivity index (χ0n) is 9.32. The standard InChI is InChI=1S/C11H12ClFN4/c1-17-7-15-16-11(17)6-14-5-8-2-3-9(13)4-10(8)12/h2-4,7,14H,5-6H2,1H3. The largest absolute Gasteiger partial charge is 0.320 e. The third kappa shape index (κ3) is 3.01. The van der Waals surface area contributed by atoms with E-state index in [9.17, 15) is 4.39 Å². The molecule has 0 spiro atoms. The summed E-state index contributed by atoms with van der Waals surface area (Å²) in [6.07, 6.45) is 1.64. The molecule has 0 unspecified atom stereocenters. The Bertz CT molecular complexity index is 512. The van der Waals surface area contributed by atoms with Crippen LogP contribution in [-0.4, -0.2) is 14.8 Å². The zero-order valence-corrected chi connectivity index (χ0v) is 10.1. The van der Waals surface area contributed by atoms with E-state index in [0.717, 1.165) is 11.4 Å². The molecular formula is C11H12ClFN4. The maximum atomic E-state index is 12.8. The minimum absolute atomic E-state index is 0.327. The lowest BCUT2D eigenvalue weighted by Crippen LogP contribution is -2.16. The molecule has 0 saturated heterocycles. The highest BCUT2D eigenvalue weighted by Gasteiger charge is 2.03. The Balaban J connectivity index is 1.92. The van der Waals surface area contributed by atoms with Gasteiger partial charge < -0.3 is 9.88 Å². The maximum Gasteiger partial charge on any atom is 0.146 e. The summed E-state index contributed by atoms with van der Waals surface area (Å²) in [7, 11) is 1.88. The molecule has 0 aliphatic heterocycles. The third-order valence-corrected chi connectivity index (χ3v) is 2.77. The monoisotopic (exact) mass is 254 g/mol. The number of aryl methyl sites for hydroxylation is 1. The van der Waals surface area contributed by atoms with Crippen molar-refractivity contribution < 1.29 is 4.39 Å². The Morgan fingerprint density at radius 3 is 2.88 bits per heavy atom. The fourth-order valence-corrected chi connectivity index (χ4v) is 1.68. The van der Waals surface area contributed by atoms with Gasteiger partial charge in [-0.25, -0.2) is 4.39 Å². The molecule has 0 radical (unpaired) electrons. The van der Waals surface area contributed by atoms with Crippen molar-refractivity contribution in [3.63, 3.8) is 0 Å². The van der Waals surface area contributed by atoms with Crippen molar-refractivity contribution in [3.8, 4) is 0 Å². The fraction of sp³-hybridized carbons (Fsp3) is 0.273. The SMILES string of the molecule is Cn1cnnc1CNCc1ccc(F)cc1Cl. The first-order valence-corrected chi connectivity index (χ1v) is 5.52. The molecule has 4 nitrogen and oxygen atoms in total. The van der Waals surface area contributed by atoms with Gasteiger partial charge in [0.25, 0.3) is 0 Å². The summed E-state index contributed by atoms with van der Waals surface area (Å²) in [6, 6.07) is 4.37. The lowest BCUT2D eigenvalue weighted by molar-refractivity contribution is 0.620. The summed E-state index contributed by atoms with van der Waals surface area (Å²) in [6.45, 7) is 1.15. The van der Waals surface area contributed by atoms with Gasteiger partial charge in [-0.1, -0.05) is 17.7 Å². The molecule has 1 heterocycles. The molecule has 0 aliphatic rings. The van der Waals surface area contributed by atoms with Crippen molar-refractivity contribution in [2.45, 2.75) is 13.1 Å². The van der Waals surface area contributed by atoms with Crippen LogP contribution < -0.4 is 5.32 Å². The molecule has 2 aromatic rings. The summed E-state index contributed by atoms with van der Waals surface area (Å²) in [4.78, 5) is 0. The zero-order chi connectivity index (χ0) is 12.3. The average Bonchev–Trinajstić information content (AvgIpc) is 2.68. The van der Waals surface area contributed by atoms with Gasteiger partial charge in [0.05, 0.1) is 6.54 Å². The first-order chi connectivity index (χ1) is 8.16. The summed E-state index contributed by atoms with van der Waals surface area (Å²) in [5, 5.41) is 11.3. The highest BCUT2D eigenvalue weighted by molar-refractivity contribution is 6.31. The van der Waals surface area contributed by atoms with Gasteiger partial charge in [0.2, 0.25) is 0 Å². The van der Waals surface area contributed by atoms with Gasteiger partial charge >= 0.3 is 0 Å². The van der Waals surface area contributed by atoms with Crippen molar-refractivity contribution >= 4 is 11.6 Å². The maximum absolute atomic E-state index is 12.8. The van der Waals surface area contributed by atoms with Gasteiger partial charge in [-0.3, -0.25) is 0 Å². The second kappa shape index (κ2) is 5.25. The number of hydrogen-bond acceptors (Lipinski definition) is 3. The second-order valence-corrected chi connectivity index (χ2v) is 4.10. The summed E-state index contributed by atoms with van der Waals surface area (Å²) >= 11 is 5.91. The Kier molecular flexibility index (Phi) is 3.71.